The molecular formula is C28H40N2O3. The maximum atomic E-state index is 12.6. The minimum atomic E-state index is -0.288. The van der Waals surface area contributed by atoms with E-state index in [-0.39, 0.29) is 12.1 Å². The van der Waals surface area contributed by atoms with Crippen molar-refractivity contribution >= 4 is 11.8 Å². The molecule has 1 aromatic heterocycles. The zero-order valence-electron chi connectivity index (χ0n) is 20.9. The van der Waals surface area contributed by atoms with E-state index in [4.69, 9.17) is 9.47 Å². The standard InChI is InChI=1S/C28H40N2O3/c1-6-10-25(21(5)17-22-11-8-12-24(18-22)32-7-2)23-14-16-30(19-23)27-26(13-9-15-29-27)28(31)33-20(3)4/h8-9,11-13,15,18,20-21,23,25H,6-7,10,14,16-17,19H2,1-5H3. The summed E-state index contributed by atoms with van der Waals surface area (Å²) in [7, 11) is 0. The van der Waals surface area contributed by atoms with E-state index in [1.807, 2.05) is 39.0 Å². The van der Waals surface area contributed by atoms with Crippen molar-refractivity contribution in [3.8, 4) is 5.75 Å². The molecule has 1 fully saturated rings. The Hall–Kier alpha value is -2.56. The molecule has 2 heterocycles. The van der Waals surface area contributed by atoms with Gasteiger partial charge in [0.05, 0.1) is 12.7 Å². The minimum absolute atomic E-state index is 0.145. The van der Waals surface area contributed by atoms with Gasteiger partial charge in [-0.2, -0.15) is 0 Å². The van der Waals surface area contributed by atoms with E-state index < -0.39 is 0 Å². The van der Waals surface area contributed by atoms with Crippen LogP contribution >= 0.6 is 0 Å². The highest BCUT2D eigenvalue weighted by Crippen LogP contribution is 2.37. The number of anilines is 1. The number of ether oxygens (including phenoxy) is 2. The smallest absolute Gasteiger partial charge is 0.342 e. The predicted molar refractivity (Wildman–Crippen MR) is 134 cm³/mol. The molecule has 0 N–H and O–H groups in total. The van der Waals surface area contributed by atoms with Crippen LogP contribution in [0.3, 0.4) is 0 Å². The van der Waals surface area contributed by atoms with E-state index in [1.165, 1.54) is 18.4 Å². The highest BCUT2D eigenvalue weighted by Gasteiger charge is 2.34. The van der Waals surface area contributed by atoms with Crippen molar-refractivity contribution in [1.82, 2.24) is 4.98 Å². The fourth-order valence-electron chi connectivity index (χ4n) is 5.19. The first-order valence-electron chi connectivity index (χ1n) is 12.6. The summed E-state index contributed by atoms with van der Waals surface area (Å²) < 4.78 is 11.2. The molecule has 5 nitrogen and oxygen atoms in total. The molecule has 0 aliphatic carbocycles. The Bertz CT molecular complexity index is 898. The van der Waals surface area contributed by atoms with Crippen molar-refractivity contribution in [2.75, 3.05) is 24.6 Å². The molecule has 0 amide bonds. The Kier molecular flexibility index (Phi) is 9.16. The third-order valence-corrected chi connectivity index (χ3v) is 6.60. The summed E-state index contributed by atoms with van der Waals surface area (Å²) in [6, 6.07) is 12.2. The topological polar surface area (TPSA) is 51.7 Å². The van der Waals surface area contributed by atoms with Gasteiger partial charge in [-0.05, 0) is 81.2 Å². The van der Waals surface area contributed by atoms with Crippen LogP contribution in [0.4, 0.5) is 5.82 Å². The molecule has 0 bridgehead atoms. The zero-order valence-corrected chi connectivity index (χ0v) is 20.9. The van der Waals surface area contributed by atoms with Crippen molar-refractivity contribution in [3.63, 3.8) is 0 Å². The molecule has 1 aromatic carbocycles. The van der Waals surface area contributed by atoms with Crippen LogP contribution in [0, 0.1) is 17.8 Å². The molecule has 3 rings (SSSR count). The number of aromatic nitrogens is 1. The number of benzene rings is 1. The van der Waals surface area contributed by atoms with Crippen LogP contribution in [0.15, 0.2) is 42.6 Å². The summed E-state index contributed by atoms with van der Waals surface area (Å²) in [6.45, 7) is 13.0. The van der Waals surface area contributed by atoms with Crippen LogP contribution in [0.2, 0.25) is 0 Å². The second kappa shape index (κ2) is 12.1. The van der Waals surface area contributed by atoms with Crippen LogP contribution in [-0.4, -0.2) is 36.8 Å². The lowest BCUT2D eigenvalue weighted by Gasteiger charge is -2.30. The molecule has 1 aliphatic heterocycles. The Morgan fingerprint density at radius 2 is 2.00 bits per heavy atom. The zero-order chi connectivity index (χ0) is 23.8. The molecule has 0 spiro atoms. The van der Waals surface area contributed by atoms with Gasteiger partial charge in [-0.25, -0.2) is 9.78 Å². The highest BCUT2D eigenvalue weighted by molar-refractivity contribution is 5.94. The number of carbonyl (C=O) groups is 1. The van der Waals surface area contributed by atoms with Gasteiger partial charge in [0, 0.05) is 19.3 Å². The van der Waals surface area contributed by atoms with E-state index in [9.17, 15) is 4.79 Å². The van der Waals surface area contributed by atoms with Gasteiger partial charge >= 0.3 is 5.97 Å². The lowest BCUT2D eigenvalue weighted by molar-refractivity contribution is 0.0378. The molecule has 33 heavy (non-hydrogen) atoms. The first-order valence-corrected chi connectivity index (χ1v) is 12.6. The van der Waals surface area contributed by atoms with Crippen LogP contribution in [0.5, 0.6) is 5.75 Å². The third-order valence-electron chi connectivity index (χ3n) is 6.60. The van der Waals surface area contributed by atoms with Gasteiger partial charge in [-0.3, -0.25) is 0 Å². The number of rotatable bonds is 11. The molecule has 0 radical (unpaired) electrons. The van der Waals surface area contributed by atoms with E-state index >= 15 is 0 Å². The molecule has 1 aliphatic rings. The summed E-state index contributed by atoms with van der Waals surface area (Å²) in [6.07, 6.45) is 6.20. The van der Waals surface area contributed by atoms with Gasteiger partial charge in [-0.1, -0.05) is 38.8 Å². The van der Waals surface area contributed by atoms with E-state index in [2.05, 4.69) is 41.9 Å². The fraction of sp³-hybridized carbons (Fsp3) is 0.571. The maximum Gasteiger partial charge on any atom is 0.342 e. The number of hydrogen-bond donors (Lipinski definition) is 0. The quantitative estimate of drug-likeness (QED) is 0.382. The molecule has 2 aromatic rings. The average Bonchev–Trinajstić information content (AvgIpc) is 3.27. The average molecular weight is 453 g/mol. The monoisotopic (exact) mass is 452 g/mol. The van der Waals surface area contributed by atoms with E-state index in [0.717, 1.165) is 37.5 Å². The Labute approximate surface area is 199 Å². The minimum Gasteiger partial charge on any atom is -0.494 e. The lowest BCUT2D eigenvalue weighted by Crippen LogP contribution is -2.29. The van der Waals surface area contributed by atoms with Gasteiger partial charge in [-0.15, -0.1) is 0 Å². The number of carbonyl (C=O) groups excluding carboxylic acids is 1. The van der Waals surface area contributed by atoms with E-state index in [0.29, 0.717) is 29.9 Å². The summed E-state index contributed by atoms with van der Waals surface area (Å²) >= 11 is 0. The number of hydrogen-bond acceptors (Lipinski definition) is 5. The molecule has 5 heteroatoms. The largest absolute Gasteiger partial charge is 0.494 e. The van der Waals surface area contributed by atoms with Crippen molar-refractivity contribution in [3.05, 3.63) is 53.7 Å². The number of pyridine rings is 1. The molecule has 1 saturated heterocycles. The van der Waals surface area contributed by atoms with Gasteiger partial charge in [0.15, 0.2) is 0 Å². The van der Waals surface area contributed by atoms with Gasteiger partial charge in [0.25, 0.3) is 0 Å². The SMILES string of the molecule is CCCC(C(C)Cc1cccc(OCC)c1)C1CCN(c2ncccc2C(=O)OC(C)C)C1. The van der Waals surface area contributed by atoms with Crippen molar-refractivity contribution in [1.29, 1.82) is 0 Å². The highest BCUT2D eigenvalue weighted by atomic mass is 16.5. The summed E-state index contributed by atoms with van der Waals surface area (Å²) in [4.78, 5) is 19.5. The summed E-state index contributed by atoms with van der Waals surface area (Å²) in [5, 5.41) is 0. The molecule has 3 unspecified atom stereocenters. The second-order valence-corrected chi connectivity index (χ2v) is 9.54. The summed E-state index contributed by atoms with van der Waals surface area (Å²) in [5.41, 5.74) is 1.91. The second-order valence-electron chi connectivity index (χ2n) is 9.54. The molecule has 3 atom stereocenters. The Morgan fingerprint density at radius 3 is 2.73 bits per heavy atom. The Balaban J connectivity index is 1.71. The van der Waals surface area contributed by atoms with Crippen LogP contribution in [0.1, 0.15) is 69.8 Å². The maximum absolute atomic E-state index is 12.6. The normalized spacial score (nSPS) is 17.8. The van der Waals surface area contributed by atoms with Crippen LogP contribution in [0.25, 0.3) is 0 Å². The summed E-state index contributed by atoms with van der Waals surface area (Å²) in [5.74, 6) is 3.22. The van der Waals surface area contributed by atoms with Crippen molar-refractivity contribution in [2.45, 2.75) is 66.4 Å². The van der Waals surface area contributed by atoms with Crippen LogP contribution < -0.4 is 9.64 Å². The van der Waals surface area contributed by atoms with Gasteiger partial charge in [0.2, 0.25) is 0 Å². The third kappa shape index (κ3) is 6.72. The van der Waals surface area contributed by atoms with E-state index in [1.54, 1.807) is 6.20 Å². The van der Waals surface area contributed by atoms with Gasteiger partial charge < -0.3 is 14.4 Å². The predicted octanol–water partition coefficient (Wildman–Crippen LogP) is 6.17. The first-order chi connectivity index (χ1) is 15.9. The van der Waals surface area contributed by atoms with Gasteiger partial charge in [0.1, 0.15) is 17.1 Å². The molecule has 0 saturated carbocycles. The number of nitrogens with zero attached hydrogens (tertiary/aromatic N) is 2. The fourth-order valence-corrected chi connectivity index (χ4v) is 5.19. The van der Waals surface area contributed by atoms with Crippen LogP contribution in [-0.2, 0) is 11.2 Å². The molecule has 180 valence electrons. The first kappa shape index (κ1) is 25.1. The van der Waals surface area contributed by atoms with Crippen molar-refractivity contribution < 1.29 is 14.3 Å². The van der Waals surface area contributed by atoms with Crippen molar-refractivity contribution in [2.24, 2.45) is 17.8 Å². The lowest BCUT2D eigenvalue weighted by atomic mass is 9.76. The number of esters is 1. The Morgan fingerprint density at radius 1 is 1.18 bits per heavy atom. The molecular weight excluding hydrogens is 412 g/mol.